The van der Waals surface area contributed by atoms with Gasteiger partial charge >= 0.3 is 6.03 Å². The van der Waals surface area contributed by atoms with Crippen LogP contribution in [-0.4, -0.2) is 48.4 Å². The molecule has 0 radical (unpaired) electrons. The van der Waals surface area contributed by atoms with Crippen molar-refractivity contribution in [3.05, 3.63) is 29.8 Å². The van der Waals surface area contributed by atoms with Gasteiger partial charge in [0.1, 0.15) is 0 Å². The minimum Gasteiger partial charge on any atom is -0.356 e. The van der Waals surface area contributed by atoms with E-state index in [2.05, 4.69) is 16.0 Å². The van der Waals surface area contributed by atoms with Gasteiger partial charge in [-0.2, -0.15) is 0 Å². The molecule has 7 nitrogen and oxygen atoms in total. The van der Waals surface area contributed by atoms with Crippen molar-refractivity contribution in [2.45, 2.75) is 39.7 Å². The minimum absolute atomic E-state index is 0.00107. The van der Waals surface area contributed by atoms with Crippen LogP contribution in [-0.2, 0) is 4.79 Å². The number of amides is 4. The van der Waals surface area contributed by atoms with E-state index in [1.54, 1.807) is 24.3 Å². The van der Waals surface area contributed by atoms with Crippen molar-refractivity contribution in [2.24, 2.45) is 5.92 Å². The Hall–Kier alpha value is -2.57. The molecule has 1 fully saturated rings. The molecular formula is C19H28N4O3. The molecule has 1 aromatic rings. The molecule has 1 aliphatic rings. The highest BCUT2D eigenvalue weighted by molar-refractivity contribution is 5.95. The minimum atomic E-state index is -0.264. The summed E-state index contributed by atoms with van der Waals surface area (Å²) in [6.07, 6.45) is 1.78. The van der Waals surface area contributed by atoms with Gasteiger partial charge in [-0.25, -0.2) is 4.79 Å². The van der Waals surface area contributed by atoms with Gasteiger partial charge in [0.15, 0.2) is 0 Å². The lowest BCUT2D eigenvalue weighted by Crippen LogP contribution is -2.41. The number of hydrogen-bond donors (Lipinski definition) is 3. The molecule has 1 aliphatic heterocycles. The number of urea groups is 1. The Labute approximate surface area is 154 Å². The number of benzene rings is 1. The smallest absolute Gasteiger partial charge is 0.319 e. The number of anilines is 1. The van der Waals surface area contributed by atoms with E-state index >= 15 is 0 Å². The monoisotopic (exact) mass is 360 g/mol. The molecule has 1 heterocycles. The molecule has 3 N–H and O–H groups in total. The third kappa shape index (κ3) is 6.06. The summed E-state index contributed by atoms with van der Waals surface area (Å²) in [7, 11) is 0. The first-order valence-electron chi connectivity index (χ1n) is 9.06. The van der Waals surface area contributed by atoms with Gasteiger partial charge < -0.3 is 20.9 Å². The fraction of sp³-hybridized carbons (Fsp3) is 0.526. The number of nitrogens with one attached hydrogen (secondary N) is 3. The van der Waals surface area contributed by atoms with Gasteiger partial charge in [0.25, 0.3) is 5.91 Å². The molecule has 0 saturated carbocycles. The van der Waals surface area contributed by atoms with Crippen molar-refractivity contribution in [3.8, 4) is 0 Å². The first-order valence-corrected chi connectivity index (χ1v) is 9.06. The fourth-order valence-electron chi connectivity index (χ4n) is 2.94. The van der Waals surface area contributed by atoms with E-state index in [-0.39, 0.29) is 23.9 Å². The lowest BCUT2D eigenvalue weighted by molar-refractivity contribution is -0.119. The van der Waals surface area contributed by atoms with Crippen LogP contribution in [0.2, 0.25) is 0 Å². The van der Waals surface area contributed by atoms with Crippen LogP contribution in [0.15, 0.2) is 24.3 Å². The second-order valence-corrected chi connectivity index (χ2v) is 7.00. The number of rotatable bonds is 5. The van der Waals surface area contributed by atoms with Crippen molar-refractivity contribution in [1.82, 2.24) is 15.5 Å². The predicted molar refractivity (Wildman–Crippen MR) is 101 cm³/mol. The summed E-state index contributed by atoms with van der Waals surface area (Å²) in [5.74, 6) is 0.412. The maximum atomic E-state index is 12.6. The quantitative estimate of drug-likeness (QED) is 0.752. The predicted octanol–water partition coefficient (Wildman–Crippen LogP) is 2.20. The van der Waals surface area contributed by atoms with E-state index in [4.69, 9.17) is 0 Å². The van der Waals surface area contributed by atoms with Gasteiger partial charge in [-0.1, -0.05) is 0 Å². The van der Waals surface area contributed by atoms with Gasteiger partial charge in [-0.15, -0.1) is 0 Å². The third-order valence-corrected chi connectivity index (χ3v) is 4.35. The molecule has 142 valence electrons. The molecule has 0 unspecified atom stereocenters. The summed E-state index contributed by atoms with van der Waals surface area (Å²) in [4.78, 5) is 37.1. The fourth-order valence-corrected chi connectivity index (χ4v) is 2.94. The molecule has 7 heteroatoms. The number of carbonyl (C=O) groups is 3. The molecule has 0 atom stereocenters. The zero-order valence-corrected chi connectivity index (χ0v) is 15.7. The molecule has 0 aromatic heterocycles. The number of carbonyl (C=O) groups excluding carboxylic acids is 3. The molecule has 0 bridgehead atoms. The van der Waals surface area contributed by atoms with Gasteiger partial charge in [0.2, 0.25) is 5.91 Å². The number of likely N-dealkylation sites (tertiary alicyclic amines) is 1. The van der Waals surface area contributed by atoms with Crippen molar-refractivity contribution < 1.29 is 14.4 Å². The van der Waals surface area contributed by atoms with Crippen molar-refractivity contribution in [2.75, 3.05) is 25.0 Å². The summed E-state index contributed by atoms with van der Waals surface area (Å²) in [5, 5.41) is 8.33. The van der Waals surface area contributed by atoms with Gasteiger partial charge in [0, 0.05) is 43.9 Å². The highest BCUT2D eigenvalue weighted by Gasteiger charge is 2.23. The number of hydrogen-bond acceptors (Lipinski definition) is 3. The third-order valence-electron chi connectivity index (χ3n) is 4.35. The molecule has 1 aromatic carbocycles. The Balaban J connectivity index is 1.84. The van der Waals surface area contributed by atoms with Crippen LogP contribution >= 0.6 is 0 Å². The Bertz CT molecular complexity index is 635. The molecule has 4 amide bonds. The van der Waals surface area contributed by atoms with Crippen LogP contribution in [0, 0.1) is 5.92 Å². The standard InChI is InChI=1S/C19H28N4O3/c1-13(2)21-19(26)22-17-6-4-16(5-7-17)18(25)23-10-8-15(9-11-23)12-20-14(3)24/h4-7,13,15H,8-12H2,1-3H3,(H,20,24)(H2,21,22,26). The number of piperidine rings is 1. The van der Waals surface area contributed by atoms with Crippen molar-refractivity contribution in [3.63, 3.8) is 0 Å². The zero-order chi connectivity index (χ0) is 19.1. The van der Waals surface area contributed by atoms with Crippen molar-refractivity contribution >= 4 is 23.5 Å². The Kier molecular flexibility index (Phi) is 7.00. The topological polar surface area (TPSA) is 90.5 Å². The van der Waals surface area contributed by atoms with Crippen LogP contribution < -0.4 is 16.0 Å². The van der Waals surface area contributed by atoms with Crippen LogP contribution in [0.1, 0.15) is 44.0 Å². The maximum Gasteiger partial charge on any atom is 0.319 e. The SMILES string of the molecule is CC(=O)NCC1CCN(C(=O)c2ccc(NC(=O)NC(C)C)cc2)CC1. The maximum absolute atomic E-state index is 12.6. The Morgan fingerprint density at radius 3 is 2.27 bits per heavy atom. The lowest BCUT2D eigenvalue weighted by Gasteiger charge is -2.32. The van der Waals surface area contributed by atoms with E-state index in [1.807, 2.05) is 18.7 Å². The summed E-state index contributed by atoms with van der Waals surface area (Å²) >= 11 is 0. The second-order valence-electron chi connectivity index (χ2n) is 7.00. The van der Waals surface area contributed by atoms with E-state index < -0.39 is 0 Å². The van der Waals surface area contributed by atoms with Gasteiger partial charge in [0.05, 0.1) is 0 Å². The van der Waals surface area contributed by atoms with Crippen LogP contribution in [0.4, 0.5) is 10.5 Å². The first kappa shape index (κ1) is 19.8. The highest BCUT2D eigenvalue weighted by atomic mass is 16.2. The summed E-state index contributed by atoms with van der Waals surface area (Å²) in [6.45, 7) is 7.36. The van der Waals surface area contributed by atoms with E-state index in [0.29, 0.717) is 36.8 Å². The van der Waals surface area contributed by atoms with Crippen LogP contribution in [0.25, 0.3) is 0 Å². The molecule has 2 rings (SSSR count). The lowest BCUT2D eigenvalue weighted by atomic mass is 9.96. The average Bonchev–Trinajstić information content (AvgIpc) is 2.59. The molecular weight excluding hydrogens is 332 g/mol. The Morgan fingerprint density at radius 1 is 1.12 bits per heavy atom. The van der Waals surface area contributed by atoms with Crippen LogP contribution in [0.5, 0.6) is 0 Å². The van der Waals surface area contributed by atoms with Gasteiger partial charge in [-0.3, -0.25) is 9.59 Å². The molecule has 26 heavy (non-hydrogen) atoms. The normalized spacial score (nSPS) is 14.8. The van der Waals surface area contributed by atoms with Crippen LogP contribution in [0.3, 0.4) is 0 Å². The van der Waals surface area contributed by atoms with E-state index in [1.165, 1.54) is 6.92 Å². The molecule has 0 aliphatic carbocycles. The first-order chi connectivity index (χ1) is 12.3. The Morgan fingerprint density at radius 2 is 1.73 bits per heavy atom. The second kappa shape index (κ2) is 9.22. The average molecular weight is 360 g/mol. The van der Waals surface area contributed by atoms with E-state index in [0.717, 1.165) is 12.8 Å². The highest BCUT2D eigenvalue weighted by Crippen LogP contribution is 2.19. The van der Waals surface area contributed by atoms with Gasteiger partial charge in [-0.05, 0) is 56.9 Å². The largest absolute Gasteiger partial charge is 0.356 e. The summed E-state index contributed by atoms with van der Waals surface area (Å²) in [6, 6.07) is 6.73. The summed E-state index contributed by atoms with van der Waals surface area (Å²) < 4.78 is 0. The number of nitrogens with zero attached hydrogens (tertiary/aromatic N) is 1. The van der Waals surface area contributed by atoms with E-state index in [9.17, 15) is 14.4 Å². The molecule has 1 saturated heterocycles. The van der Waals surface area contributed by atoms with Crippen molar-refractivity contribution in [1.29, 1.82) is 0 Å². The summed E-state index contributed by atoms with van der Waals surface area (Å²) in [5.41, 5.74) is 1.26. The zero-order valence-electron chi connectivity index (χ0n) is 15.7. The molecule has 0 spiro atoms.